The lowest BCUT2D eigenvalue weighted by molar-refractivity contribution is 0.400. The van der Waals surface area contributed by atoms with Gasteiger partial charge in [-0.1, -0.05) is 11.6 Å². The summed E-state index contributed by atoms with van der Waals surface area (Å²) in [5.41, 5.74) is 3.24. The summed E-state index contributed by atoms with van der Waals surface area (Å²) in [6, 6.07) is 1.82. The topological polar surface area (TPSA) is 86.4 Å². The van der Waals surface area contributed by atoms with Gasteiger partial charge in [-0.25, -0.2) is 9.97 Å². The number of nitrogens with zero attached hydrogens (tertiary/aromatic N) is 6. The second-order valence-corrected chi connectivity index (χ2v) is 5.32. The molecule has 0 aromatic carbocycles. The molecule has 4 aromatic heterocycles. The number of imidazole rings is 1. The largest absolute Gasteiger partial charge is 0.480 e. The van der Waals surface area contributed by atoms with Crippen LogP contribution in [0, 0.1) is 0 Å². The number of nitrogens with one attached hydrogen (secondary N) is 1. The number of pyridine rings is 1. The van der Waals surface area contributed by atoms with Crippen LogP contribution in [-0.2, 0) is 7.05 Å². The molecule has 0 aliphatic carbocycles. The van der Waals surface area contributed by atoms with E-state index < -0.39 is 0 Å². The van der Waals surface area contributed by atoms with Crippen molar-refractivity contribution in [3.8, 4) is 23.1 Å². The van der Waals surface area contributed by atoms with Crippen LogP contribution in [0.3, 0.4) is 0 Å². The van der Waals surface area contributed by atoms with E-state index in [2.05, 4.69) is 25.1 Å². The van der Waals surface area contributed by atoms with Crippen LogP contribution in [0.1, 0.15) is 0 Å². The molecular weight excluding hydrogens is 318 g/mol. The summed E-state index contributed by atoms with van der Waals surface area (Å²) in [4.78, 5) is 11.7. The van der Waals surface area contributed by atoms with Crippen LogP contribution in [0.2, 0.25) is 5.02 Å². The highest BCUT2D eigenvalue weighted by molar-refractivity contribution is 6.32. The molecule has 9 heteroatoms. The number of methoxy groups -OCH3 is 1. The number of rotatable bonds is 3. The van der Waals surface area contributed by atoms with Gasteiger partial charge in [0, 0.05) is 19.4 Å². The molecule has 0 fully saturated rings. The van der Waals surface area contributed by atoms with Crippen LogP contribution in [-0.4, -0.2) is 41.4 Å². The molecule has 0 saturated heterocycles. The number of H-pyrrole nitrogens is 1. The summed E-state index contributed by atoms with van der Waals surface area (Å²) in [5, 5.41) is 8.44. The fraction of sp³-hybridized carbons (Fsp3) is 0.143. The van der Waals surface area contributed by atoms with E-state index in [0.717, 1.165) is 22.4 Å². The van der Waals surface area contributed by atoms with Crippen molar-refractivity contribution in [3.05, 3.63) is 36.1 Å². The predicted molar refractivity (Wildman–Crippen MR) is 84.8 cm³/mol. The van der Waals surface area contributed by atoms with Gasteiger partial charge in [-0.15, -0.1) is 10.2 Å². The molecule has 0 atom stereocenters. The molecule has 4 heterocycles. The third kappa shape index (κ3) is 1.99. The first-order valence-corrected chi connectivity index (χ1v) is 7.16. The Balaban J connectivity index is 2.15. The highest BCUT2D eigenvalue weighted by Gasteiger charge is 2.23. The molecule has 0 unspecified atom stereocenters. The van der Waals surface area contributed by atoms with Crippen molar-refractivity contribution in [2.24, 2.45) is 7.05 Å². The fourth-order valence-electron chi connectivity index (χ4n) is 2.66. The zero-order valence-corrected chi connectivity index (χ0v) is 13.1. The van der Waals surface area contributed by atoms with E-state index in [1.807, 2.05) is 28.4 Å². The Labute approximate surface area is 135 Å². The third-order valence-electron chi connectivity index (χ3n) is 3.67. The van der Waals surface area contributed by atoms with E-state index in [4.69, 9.17) is 16.3 Å². The first kappa shape index (κ1) is 13.8. The quantitative estimate of drug-likeness (QED) is 0.622. The summed E-state index contributed by atoms with van der Waals surface area (Å²) in [6.45, 7) is 0. The Morgan fingerprint density at radius 2 is 2.22 bits per heavy atom. The molecule has 0 radical (unpaired) electrons. The van der Waals surface area contributed by atoms with Crippen LogP contribution in [0.4, 0.5) is 0 Å². The van der Waals surface area contributed by atoms with E-state index in [1.165, 1.54) is 13.4 Å². The third-order valence-corrected chi connectivity index (χ3v) is 3.94. The van der Waals surface area contributed by atoms with E-state index in [9.17, 15) is 0 Å². The smallest absolute Gasteiger partial charge is 0.233 e. The highest BCUT2D eigenvalue weighted by Crippen LogP contribution is 2.36. The zero-order valence-electron chi connectivity index (χ0n) is 12.4. The maximum absolute atomic E-state index is 6.23. The molecule has 116 valence electrons. The van der Waals surface area contributed by atoms with E-state index in [1.54, 1.807) is 12.5 Å². The fourth-order valence-corrected chi connectivity index (χ4v) is 2.88. The minimum absolute atomic E-state index is 0.371. The Morgan fingerprint density at radius 1 is 1.35 bits per heavy atom. The number of fused-ring (bicyclic) bond motifs is 1. The number of aromatic amines is 1. The maximum atomic E-state index is 6.23. The molecule has 4 rings (SSSR count). The zero-order chi connectivity index (χ0) is 16.0. The molecule has 4 aromatic rings. The average molecular weight is 330 g/mol. The van der Waals surface area contributed by atoms with Gasteiger partial charge in [0.15, 0.2) is 5.82 Å². The van der Waals surface area contributed by atoms with Crippen LogP contribution < -0.4 is 4.74 Å². The molecule has 0 saturated carbocycles. The Hall–Kier alpha value is -2.87. The van der Waals surface area contributed by atoms with Gasteiger partial charge >= 0.3 is 0 Å². The standard InChI is InChI=1S/C14H12ClN7O/c1-21-9-5-8(15)14(23-2)19-10(9)11(22-4-3-16-7-22)12(21)13-17-6-18-20-13/h3-7H,1-2H3,(H,17,18,20). The lowest BCUT2D eigenvalue weighted by Crippen LogP contribution is -1.98. The summed E-state index contributed by atoms with van der Waals surface area (Å²) in [7, 11) is 3.46. The molecule has 0 bridgehead atoms. The SMILES string of the molecule is COc1nc2c(-n3ccnc3)c(-c3nnc[nH]3)n(C)c2cc1Cl. The lowest BCUT2D eigenvalue weighted by Gasteiger charge is -2.05. The van der Waals surface area contributed by atoms with Crippen LogP contribution in [0.5, 0.6) is 5.88 Å². The summed E-state index contributed by atoms with van der Waals surface area (Å²) >= 11 is 6.23. The number of ether oxygens (including phenoxy) is 1. The normalized spacial score (nSPS) is 11.3. The van der Waals surface area contributed by atoms with Gasteiger partial charge in [-0.3, -0.25) is 0 Å². The molecule has 0 aliphatic rings. The van der Waals surface area contributed by atoms with Crippen molar-refractivity contribution >= 4 is 22.6 Å². The first-order chi connectivity index (χ1) is 11.2. The monoisotopic (exact) mass is 329 g/mol. The van der Waals surface area contributed by atoms with Crippen molar-refractivity contribution < 1.29 is 4.74 Å². The van der Waals surface area contributed by atoms with Gasteiger partial charge in [0.1, 0.15) is 28.2 Å². The summed E-state index contributed by atoms with van der Waals surface area (Å²) in [6.07, 6.45) is 6.79. The second-order valence-electron chi connectivity index (χ2n) is 4.91. The summed E-state index contributed by atoms with van der Waals surface area (Å²) < 4.78 is 9.09. The Bertz CT molecular complexity index is 973. The van der Waals surface area contributed by atoms with E-state index >= 15 is 0 Å². The first-order valence-electron chi connectivity index (χ1n) is 6.78. The molecule has 1 N–H and O–H groups in total. The van der Waals surface area contributed by atoms with Crippen LogP contribution in [0.15, 0.2) is 31.1 Å². The lowest BCUT2D eigenvalue weighted by atomic mass is 10.3. The number of hydrogen-bond donors (Lipinski definition) is 1. The Morgan fingerprint density at radius 3 is 2.87 bits per heavy atom. The van der Waals surface area contributed by atoms with Crippen molar-refractivity contribution in [1.82, 2.24) is 34.3 Å². The maximum Gasteiger partial charge on any atom is 0.233 e. The number of aromatic nitrogens is 7. The van der Waals surface area contributed by atoms with Crippen molar-refractivity contribution in [3.63, 3.8) is 0 Å². The molecule has 23 heavy (non-hydrogen) atoms. The average Bonchev–Trinajstić information content (AvgIpc) is 3.27. The van der Waals surface area contributed by atoms with Gasteiger partial charge in [0.2, 0.25) is 5.88 Å². The second kappa shape index (κ2) is 5.10. The summed E-state index contributed by atoms with van der Waals surface area (Å²) in [5.74, 6) is 1.000. The molecular formula is C14H12ClN7O. The van der Waals surface area contributed by atoms with Gasteiger partial charge < -0.3 is 18.9 Å². The minimum atomic E-state index is 0.371. The van der Waals surface area contributed by atoms with Crippen molar-refractivity contribution in [1.29, 1.82) is 0 Å². The van der Waals surface area contributed by atoms with E-state index in [-0.39, 0.29) is 0 Å². The number of halogens is 1. The van der Waals surface area contributed by atoms with Crippen LogP contribution >= 0.6 is 11.6 Å². The van der Waals surface area contributed by atoms with Gasteiger partial charge in [0.25, 0.3) is 0 Å². The van der Waals surface area contributed by atoms with Crippen molar-refractivity contribution in [2.75, 3.05) is 7.11 Å². The molecule has 8 nitrogen and oxygen atoms in total. The molecule has 0 aliphatic heterocycles. The highest BCUT2D eigenvalue weighted by atomic mass is 35.5. The Kier molecular flexibility index (Phi) is 3.05. The molecule has 0 amide bonds. The number of aryl methyl sites for hydroxylation is 1. The number of hydrogen-bond acceptors (Lipinski definition) is 5. The minimum Gasteiger partial charge on any atom is -0.480 e. The van der Waals surface area contributed by atoms with E-state index in [0.29, 0.717) is 16.7 Å². The van der Waals surface area contributed by atoms with Gasteiger partial charge in [0.05, 0.1) is 19.0 Å². The predicted octanol–water partition coefficient (Wildman–Crippen LogP) is 2.21. The van der Waals surface area contributed by atoms with Gasteiger partial charge in [-0.05, 0) is 6.07 Å². The van der Waals surface area contributed by atoms with Gasteiger partial charge in [-0.2, -0.15) is 0 Å². The van der Waals surface area contributed by atoms with Crippen LogP contribution in [0.25, 0.3) is 28.2 Å². The van der Waals surface area contributed by atoms with Crippen molar-refractivity contribution in [2.45, 2.75) is 0 Å². The molecule has 0 spiro atoms.